The maximum absolute atomic E-state index is 10.2. The average Bonchev–Trinajstić information content (AvgIpc) is 2.96. The zero-order valence-electron chi connectivity index (χ0n) is 11.0. The molecule has 0 amide bonds. The van der Waals surface area contributed by atoms with E-state index >= 15 is 0 Å². The quantitative estimate of drug-likeness (QED) is 0.846. The van der Waals surface area contributed by atoms with Crippen LogP contribution in [0.5, 0.6) is 0 Å². The zero-order chi connectivity index (χ0) is 13.0. The molecule has 0 aliphatic rings. The van der Waals surface area contributed by atoms with Crippen LogP contribution in [0.2, 0.25) is 0 Å². The van der Waals surface area contributed by atoms with Crippen molar-refractivity contribution < 1.29 is 5.11 Å². The maximum atomic E-state index is 10.2. The number of rotatable bonds is 6. The Hall–Kier alpha value is -1.62. The van der Waals surface area contributed by atoms with Gasteiger partial charge in [-0.2, -0.15) is 5.10 Å². The Morgan fingerprint density at radius 3 is 2.89 bits per heavy atom. The molecule has 5 nitrogen and oxygen atoms in total. The van der Waals surface area contributed by atoms with Gasteiger partial charge in [-0.3, -0.25) is 4.68 Å². The second-order valence-corrected chi connectivity index (χ2v) is 4.59. The Labute approximate surface area is 107 Å². The van der Waals surface area contributed by atoms with Crippen LogP contribution < -0.4 is 0 Å². The molecule has 1 atom stereocenters. The Morgan fingerprint density at radius 1 is 1.39 bits per heavy atom. The molecule has 2 heterocycles. The molecule has 0 aliphatic heterocycles. The van der Waals surface area contributed by atoms with Crippen LogP contribution in [-0.2, 0) is 20.0 Å². The molecule has 2 aromatic rings. The molecule has 0 fully saturated rings. The smallest absolute Gasteiger partial charge is 0.0959 e. The first-order valence-corrected chi connectivity index (χ1v) is 6.36. The van der Waals surface area contributed by atoms with Gasteiger partial charge in [0.2, 0.25) is 0 Å². The van der Waals surface area contributed by atoms with E-state index in [9.17, 15) is 5.11 Å². The van der Waals surface area contributed by atoms with Crippen molar-refractivity contribution in [2.24, 2.45) is 7.05 Å². The molecule has 18 heavy (non-hydrogen) atoms. The van der Waals surface area contributed by atoms with Crippen molar-refractivity contribution in [1.29, 1.82) is 0 Å². The SMILES string of the molecule is CCCn1cncc1C(O)CCc1cnn(C)c1. The Bertz CT molecular complexity index is 489. The molecule has 0 bridgehead atoms. The van der Waals surface area contributed by atoms with Crippen LogP contribution in [0, 0.1) is 0 Å². The average molecular weight is 248 g/mol. The van der Waals surface area contributed by atoms with E-state index in [2.05, 4.69) is 17.0 Å². The van der Waals surface area contributed by atoms with Gasteiger partial charge < -0.3 is 9.67 Å². The lowest BCUT2D eigenvalue weighted by atomic mass is 10.1. The van der Waals surface area contributed by atoms with Crippen LogP contribution in [0.1, 0.15) is 37.1 Å². The Balaban J connectivity index is 1.94. The normalized spacial score (nSPS) is 12.8. The Morgan fingerprint density at radius 2 is 2.22 bits per heavy atom. The molecule has 0 spiro atoms. The molecule has 2 aromatic heterocycles. The topological polar surface area (TPSA) is 55.9 Å². The standard InChI is InChI=1S/C13H20N4O/c1-3-6-17-10-14-8-12(17)13(18)5-4-11-7-15-16(2)9-11/h7-10,13,18H,3-6H2,1-2H3. The molecule has 98 valence electrons. The van der Waals surface area contributed by atoms with Crippen molar-refractivity contribution >= 4 is 0 Å². The monoisotopic (exact) mass is 248 g/mol. The highest BCUT2D eigenvalue weighted by atomic mass is 16.3. The fourth-order valence-electron chi connectivity index (χ4n) is 2.09. The molecule has 0 aliphatic carbocycles. The van der Waals surface area contributed by atoms with Crippen molar-refractivity contribution in [1.82, 2.24) is 19.3 Å². The first kappa shape index (κ1) is 12.8. The van der Waals surface area contributed by atoms with Gasteiger partial charge in [-0.15, -0.1) is 0 Å². The van der Waals surface area contributed by atoms with Crippen molar-refractivity contribution in [3.8, 4) is 0 Å². The van der Waals surface area contributed by atoms with Gasteiger partial charge in [0.15, 0.2) is 0 Å². The summed E-state index contributed by atoms with van der Waals surface area (Å²) in [7, 11) is 1.90. The van der Waals surface area contributed by atoms with Crippen LogP contribution >= 0.6 is 0 Å². The number of hydrogen-bond donors (Lipinski definition) is 1. The third kappa shape index (κ3) is 2.98. The van der Waals surface area contributed by atoms with Crippen molar-refractivity contribution in [2.75, 3.05) is 0 Å². The van der Waals surface area contributed by atoms with Gasteiger partial charge in [0, 0.05) is 19.8 Å². The van der Waals surface area contributed by atoms with Crippen molar-refractivity contribution in [3.63, 3.8) is 0 Å². The summed E-state index contributed by atoms with van der Waals surface area (Å²) in [6.45, 7) is 3.02. The molecule has 0 saturated heterocycles. The molecule has 0 radical (unpaired) electrons. The van der Waals surface area contributed by atoms with Gasteiger partial charge in [-0.1, -0.05) is 6.92 Å². The summed E-state index contributed by atoms with van der Waals surface area (Å²) in [5.74, 6) is 0. The highest BCUT2D eigenvalue weighted by Gasteiger charge is 2.13. The molecule has 2 rings (SSSR count). The summed E-state index contributed by atoms with van der Waals surface area (Å²) in [6, 6.07) is 0. The second kappa shape index (κ2) is 5.82. The predicted octanol–water partition coefficient (Wildman–Crippen LogP) is 1.69. The summed E-state index contributed by atoms with van der Waals surface area (Å²) < 4.78 is 3.80. The summed E-state index contributed by atoms with van der Waals surface area (Å²) in [4.78, 5) is 4.11. The first-order valence-electron chi connectivity index (χ1n) is 6.36. The van der Waals surface area contributed by atoms with Gasteiger partial charge in [0.25, 0.3) is 0 Å². The lowest BCUT2D eigenvalue weighted by Gasteiger charge is -2.12. The third-order valence-corrected chi connectivity index (χ3v) is 3.02. The minimum Gasteiger partial charge on any atom is -0.387 e. The predicted molar refractivity (Wildman–Crippen MR) is 69.0 cm³/mol. The molecule has 5 heteroatoms. The minimum absolute atomic E-state index is 0.459. The molecule has 1 N–H and O–H groups in total. The lowest BCUT2D eigenvalue weighted by molar-refractivity contribution is 0.158. The van der Waals surface area contributed by atoms with Gasteiger partial charge >= 0.3 is 0 Å². The van der Waals surface area contributed by atoms with Crippen LogP contribution in [0.4, 0.5) is 0 Å². The van der Waals surface area contributed by atoms with E-state index in [0.29, 0.717) is 6.42 Å². The van der Waals surface area contributed by atoms with E-state index in [1.165, 1.54) is 0 Å². The van der Waals surface area contributed by atoms with E-state index in [4.69, 9.17) is 0 Å². The fraction of sp³-hybridized carbons (Fsp3) is 0.538. The van der Waals surface area contributed by atoms with Crippen molar-refractivity contribution in [3.05, 3.63) is 36.2 Å². The largest absolute Gasteiger partial charge is 0.387 e. The minimum atomic E-state index is -0.459. The third-order valence-electron chi connectivity index (χ3n) is 3.02. The lowest BCUT2D eigenvalue weighted by Crippen LogP contribution is -2.07. The number of hydrogen-bond acceptors (Lipinski definition) is 3. The fourth-order valence-corrected chi connectivity index (χ4v) is 2.09. The van der Waals surface area contributed by atoms with Crippen LogP contribution in [-0.4, -0.2) is 24.4 Å². The number of nitrogens with zero attached hydrogens (tertiary/aromatic N) is 4. The van der Waals surface area contributed by atoms with Gasteiger partial charge in [0.05, 0.1) is 30.5 Å². The van der Waals surface area contributed by atoms with Gasteiger partial charge in [-0.05, 0) is 24.8 Å². The van der Waals surface area contributed by atoms with Crippen LogP contribution in [0.25, 0.3) is 0 Å². The maximum Gasteiger partial charge on any atom is 0.0959 e. The summed E-state index contributed by atoms with van der Waals surface area (Å²) in [5.41, 5.74) is 2.05. The second-order valence-electron chi connectivity index (χ2n) is 4.59. The zero-order valence-corrected chi connectivity index (χ0v) is 11.0. The summed E-state index contributed by atoms with van der Waals surface area (Å²) >= 11 is 0. The van der Waals surface area contributed by atoms with Crippen molar-refractivity contribution in [2.45, 2.75) is 38.8 Å². The van der Waals surface area contributed by atoms with E-state index in [-0.39, 0.29) is 0 Å². The van der Waals surface area contributed by atoms with Gasteiger partial charge in [-0.25, -0.2) is 4.98 Å². The molecule has 1 unspecified atom stereocenters. The molecular formula is C13H20N4O. The van der Waals surface area contributed by atoms with E-state index in [1.54, 1.807) is 17.2 Å². The number of imidazole rings is 1. The molecular weight excluding hydrogens is 228 g/mol. The van der Waals surface area contributed by atoms with Gasteiger partial charge in [0.1, 0.15) is 0 Å². The Kier molecular flexibility index (Phi) is 4.15. The summed E-state index contributed by atoms with van der Waals surface area (Å²) in [6.07, 6.45) is 9.47. The number of aromatic nitrogens is 4. The first-order chi connectivity index (χ1) is 8.70. The van der Waals surface area contributed by atoms with Crippen LogP contribution in [0.15, 0.2) is 24.9 Å². The highest BCUT2D eigenvalue weighted by Crippen LogP contribution is 2.18. The number of aryl methyl sites for hydroxylation is 3. The summed E-state index contributed by atoms with van der Waals surface area (Å²) in [5, 5.41) is 14.3. The van der Waals surface area contributed by atoms with E-state index < -0.39 is 6.10 Å². The molecule has 0 aromatic carbocycles. The van der Waals surface area contributed by atoms with E-state index in [1.807, 2.05) is 24.0 Å². The highest BCUT2D eigenvalue weighted by molar-refractivity contribution is 5.07. The number of aliphatic hydroxyl groups excluding tert-OH is 1. The van der Waals surface area contributed by atoms with Crippen LogP contribution in [0.3, 0.4) is 0 Å². The molecule has 0 saturated carbocycles. The van der Waals surface area contributed by atoms with E-state index in [0.717, 1.165) is 30.6 Å². The number of aliphatic hydroxyl groups is 1.